The van der Waals surface area contributed by atoms with Crippen molar-refractivity contribution in [2.24, 2.45) is 0 Å². The van der Waals surface area contributed by atoms with Crippen LogP contribution < -0.4 is 5.11 Å². The standard InChI is InChI=1S/C18H16N2O2/c1-13-7-9-15(10-8-13)16-11-17(18(21)22)20(19-16)12-14-5-3-2-4-6-14/h2-11H,12H2,1H3,(H,21,22)/p-1. The zero-order valence-corrected chi connectivity index (χ0v) is 12.2. The lowest BCUT2D eigenvalue weighted by molar-refractivity contribution is -0.255. The fourth-order valence-corrected chi connectivity index (χ4v) is 2.32. The number of carbonyl (C=O) groups is 1. The minimum Gasteiger partial charge on any atom is -0.543 e. The van der Waals surface area contributed by atoms with Crippen LogP contribution in [0.15, 0.2) is 60.7 Å². The lowest BCUT2D eigenvalue weighted by Gasteiger charge is -2.07. The average molecular weight is 291 g/mol. The van der Waals surface area contributed by atoms with Crippen molar-refractivity contribution in [2.45, 2.75) is 13.5 Å². The highest BCUT2D eigenvalue weighted by Crippen LogP contribution is 2.20. The van der Waals surface area contributed by atoms with Crippen LogP contribution in [0.5, 0.6) is 0 Å². The van der Waals surface area contributed by atoms with E-state index < -0.39 is 5.97 Å². The second kappa shape index (κ2) is 5.85. The van der Waals surface area contributed by atoms with Gasteiger partial charge in [0.2, 0.25) is 0 Å². The third kappa shape index (κ3) is 2.91. The Kier molecular flexibility index (Phi) is 3.74. The SMILES string of the molecule is Cc1ccc(-c2cc(C(=O)[O-])n(Cc3ccccc3)n2)cc1. The number of carboxylic acid groups (broad SMARTS) is 1. The molecular formula is C18H15N2O2-. The number of hydrogen-bond donors (Lipinski definition) is 0. The Hall–Kier alpha value is -2.88. The van der Waals surface area contributed by atoms with Gasteiger partial charge >= 0.3 is 0 Å². The molecule has 0 amide bonds. The molecule has 0 saturated carbocycles. The predicted molar refractivity (Wildman–Crippen MR) is 82.3 cm³/mol. The van der Waals surface area contributed by atoms with Crippen molar-refractivity contribution >= 4 is 5.97 Å². The van der Waals surface area contributed by atoms with Gasteiger partial charge in [0.15, 0.2) is 0 Å². The molecule has 22 heavy (non-hydrogen) atoms. The van der Waals surface area contributed by atoms with Crippen molar-refractivity contribution in [1.82, 2.24) is 9.78 Å². The summed E-state index contributed by atoms with van der Waals surface area (Å²) in [7, 11) is 0. The van der Waals surface area contributed by atoms with E-state index in [1.54, 1.807) is 6.07 Å². The van der Waals surface area contributed by atoms with Gasteiger partial charge in [0.25, 0.3) is 0 Å². The van der Waals surface area contributed by atoms with E-state index in [4.69, 9.17) is 0 Å². The number of aromatic nitrogens is 2. The molecule has 3 aromatic rings. The second-order valence-electron chi connectivity index (χ2n) is 5.21. The summed E-state index contributed by atoms with van der Waals surface area (Å²) >= 11 is 0. The van der Waals surface area contributed by atoms with E-state index in [9.17, 15) is 9.90 Å². The van der Waals surface area contributed by atoms with Gasteiger partial charge < -0.3 is 9.90 Å². The molecule has 0 unspecified atom stereocenters. The molecule has 110 valence electrons. The largest absolute Gasteiger partial charge is 0.543 e. The Balaban J connectivity index is 1.99. The molecule has 4 nitrogen and oxygen atoms in total. The van der Waals surface area contributed by atoms with Crippen LogP contribution in [0.25, 0.3) is 11.3 Å². The molecule has 0 saturated heterocycles. The molecule has 0 aliphatic heterocycles. The van der Waals surface area contributed by atoms with Crippen LogP contribution in [0.3, 0.4) is 0 Å². The number of carboxylic acids is 1. The maximum atomic E-state index is 11.3. The quantitative estimate of drug-likeness (QED) is 0.741. The van der Waals surface area contributed by atoms with E-state index in [1.165, 1.54) is 4.68 Å². The minimum absolute atomic E-state index is 0.0828. The number of rotatable bonds is 4. The maximum absolute atomic E-state index is 11.3. The van der Waals surface area contributed by atoms with Gasteiger partial charge in [0.05, 0.1) is 23.9 Å². The monoisotopic (exact) mass is 291 g/mol. The highest BCUT2D eigenvalue weighted by molar-refractivity contribution is 5.85. The molecule has 4 heteroatoms. The van der Waals surface area contributed by atoms with Crippen molar-refractivity contribution in [3.63, 3.8) is 0 Å². The van der Waals surface area contributed by atoms with Gasteiger partial charge in [-0.2, -0.15) is 5.10 Å². The molecule has 0 fully saturated rings. The van der Waals surface area contributed by atoms with Gasteiger partial charge in [-0.15, -0.1) is 0 Å². The Morgan fingerprint density at radius 2 is 1.77 bits per heavy atom. The van der Waals surface area contributed by atoms with Gasteiger partial charge in [-0.05, 0) is 18.6 Å². The molecule has 3 rings (SSSR count). The fraction of sp³-hybridized carbons (Fsp3) is 0.111. The highest BCUT2D eigenvalue weighted by atomic mass is 16.4. The summed E-state index contributed by atoms with van der Waals surface area (Å²) < 4.78 is 1.47. The van der Waals surface area contributed by atoms with E-state index in [-0.39, 0.29) is 5.69 Å². The average Bonchev–Trinajstić information content (AvgIpc) is 2.93. The minimum atomic E-state index is -1.22. The Morgan fingerprint density at radius 1 is 1.09 bits per heavy atom. The number of carbonyl (C=O) groups excluding carboxylic acids is 1. The van der Waals surface area contributed by atoms with E-state index >= 15 is 0 Å². The number of nitrogens with zero attached hydrogens (tertiary/aromatic N) is 2. The first-order valence-corrected chi connectivity index (χ1v) is 7.03. The Morgan fingerprint density at radius 3 is 2.41 bits per heavy atom. The van der Waals surface area contributed by atoms with E-state index in [1.807, 2.05) is 61.5 Å². The summed E-state index contributed by atoms with van der Waals surface area (Å²) in [5.41, 5.74) is 3.74. The first kappa shape index (κ1) is 14.1. The molecule has 0 aliphatic carbocycles. The van der Waals surface area contributed by atoms with E-state index in [0.29, 0.717) is 12.2 Å². The molecule has 0 aliphatic rings. The van der Waals surface area contributed by atoms with E-state index in [0.717, 1.165) is 16.7 Å². The lowest BCUT2D eigenvalue weighted by Crippen LogP contribution is -2.26. The van der Waals surface area contributed by atoms with Crippen LogP contribution in [-0.4, -0.2) is 15.7 Å². The smallest absolute Gasteiger partial charge is 0.0930 e. The van der Waals surface area contributed by atoms with Crippen molar-refractivity contribution in [3.8, 4) is 11.3 Å². The van der Waals surface area contributed by atoms with Crippen molar-refractivity contribution < 1.29 is 9.90 Å². The fourth-order valence-electron chi connectivity index (χ4n) is 2.32. The van der Waals surface area contributed by atoms with Crippen LogP contribution in [0.2, 0.25) is 0 Å². The number of aromatic carboxylic acids is 1. The van der Waals surface area contributed by atoms with Crippen LogP contribution in [-0.2, 0) is 6.54 Å². The third-order valence-electron chi connectivity index (χ3n) is 3.51. The van der Waals surface area contributed by atoms with Gasteiger partial charge in [0, 0.05) is 5.56 Å². The summed E-state index contributed by atoms with van der Waals surface area (Å²) in [4.78, 5) is 11.3. The predicted octanol–water partition coefficient (Wildman–Crippen LogP) is 2.27. The number of aryl methyl sites for hydroxylation is 1. The second-order valence-corrected chi connectivity index (χ2v) is 5.21. The summed E-state index contributed by atoms with van der Waals surface area (Å²) in [5.74, 6) is -1.22. The summed E-state index contributed by atoms with van der Waals surface area (Å²) in [6.45, 7) is 2.40. The zero-order chi connectivity index (χ0) is 15.5. The van der Waals surface area contributed by atoms with Gasteiger partial charge in [-0.25, -0.2) is 0 Å². The molecular weight excluding hydrogens is 276 g/mol. The van der Waals surface area contributed by atoms with Gasteiger partial charge in [-0.1, -0.05) is 60.2 Å². The number of benzene rings is 2. The lowest BCUT2D eigenvalue weighted by atomic mass is 10.1. The molecule has 0 N–H and O–H groups in total. The zero-order valence-electron chi connectivity index (χ0n) is 12.2. The maximum Gasteiger partial charge on any atom is 0.0930 e. The third-order valence-corrected chi connectivity index (χ3v) is 3.51. The van der Waals surface area contributed by atoms with Gasteiger partial charge in [0.1, 0.15) is 0 Å². The Labute approximate surface area is 128 Å². The summed E-state index contributed by atoms with van der Waals surface area (Å²) in [6.07, 6.45) is 0. The summed E-state index contributed by atoms with van der Waals surface area (Å²) in [5, 5.41) is 15.8. The molecule has 0 atom stereocenters. The molecule has 0 bridgehead atoms. The summed E-state index contributed by atoms with van der Waals surface area (Å²) in [6, 6.07) is 19.0. The van der Waals surface area contributed by atoms with E-state index in [2.05, 4.69) is 5.10 Å². The van der Waals surface area contributed by atoms with Crippen LogP contribution in [0.1, 0.15) is 21.6 Å². The molecule has 1 heterocycles. The first-order valence-electron chi connectivity index (χ1n) is 7.03. The molecule has 0 spiro atoms. The van der Waals surface area contributed by atoms with Crippen LogP contribution >= 0.6 is 0 Å². The van der Waals surface area contributed by atoms with Gasteiger partial charge in [-0.3, -0.25) is 4.68 Å². The van der Waals surface area contributed by atoms with Crippen LogP contribution in [0, 0.1) is 6.92 Å². The first-order chi connectivity index (χ1) is 10.6. The molecule has 0 radical (unpaired) electrons. The highest BCUT2D eigenvalue weighted by Gasteiger charge is 2.11. The van der Waals surface area contributed by atoms with Crippen molar-refractivity contribution in [3.05, 3.63) is 77.5 Å². The molecule has 1 aromatic heterocycles. The topological polar surface area (TPSA) is 57.9 Å². The Bertz CT molecular complexity index is 790. The molecule has 2 aromatic carbocycles. The van der Waals surface area contributed by atoms with Crippen molar-refractivity contribution in [2.75, 3.05) is 0 Å². The normalized spacial score (nSPS) is 10.6. The van der Waals surface area contributed by atoms with Crippen molar-refractivity contribution in [1.29, 1.82) is 0 Å². The number of hydrogen-bond acceptors (Lipinski definition) is 3. The van der Waals surface area contributed by atoms with Crippen LogP contribution in [0.4, 0.5) is 0 Å².